The van der Waals surface area contributed by atoms with Gasteiger partial charge in [0.25, 0.3) is 0 Å². The van der Waals surface area contributed by atoms with Gasteiger partial charge in [0.1, 0.15) is 0 Å². The van der Waals surface area contributed by atoms with E-state index in [1.807, 2.05) is 41.3 Å². The van der Waals surface area contributed by atoms with E-state index < -0.39 is 0 Å². The van der Waals surface area contributed by atoms with Crippen molar-refractivity contribution < 1.29 is 9.59 Å². The highest BCUT2D eigenvalue weighted by atomic mass is 16.2. The molecule has 1 aliphatic rings. The predicted octanol–water partition coefficient (Wildman–Crippen LogP) is 2.52. The molecule has 1 fully saturated rings. The standard InChI is InChI=1S/C21H22N4O2/c1-16(26)18-4-6-19(7-5-18)23-15-21(27)25-12-10-24(11-13-25)20-8-2-17(14-22)3-9-20/h2-9,23H,10-13,15H2,1H3. The van der Waals surface area contributed by atoms with E-state index in [4.69, 9.17) is 5.26 Å². The average Bonchev–Trinajstić information content (AvgIpc) is 2.72. The van der Waals surface area contributed by atoms with Crippen LogP contribution in [0.15, 0.2) is 48.5 Å². The Kier molecular flexibility index (Phi) is 5.72. The highest BCUT2D eigenvalue weighted by Gasteiger charge is 2.21. The van der Waals surface area contributed by atoms with Gasteiger partial charge in [0, 0.05) is 43.1 Å². The maximum absolute atomic E-state index is 12.4. The summed E-state index contributed by atoms with van der Waals surface area (Å²) in [5.74, 6) is 0.0860. The molecule has 0 aliphatic carbocycles. The Morgan fingerprint density at radius 1 is 1.00 bits per heavy atom. The van der Waals surface area contributed by atoms with Crippen molar-refractivity contribution in [2.24, 2.45) is 0 Å². The number of anilines is 2. The third-order valence-electron chi connectivity index (χ3n) is 4.73. The van der Waals surface area contributed by atoms with Gasteiger partial charge in [-0.2, -0.15) is 5.26 Å². The summed E-state index contributed by atoms with van der Waals surface area (Å²) in [7, 11) is 0. The SMILES string of the molecule is CC(=O)c1ccc(NCC(=O)N2CCN(c3ccc(C#N)cc3)CC2)cc1. The van der Waals surface area contributed by atoms with Crippen molar-refractivity contribution in [3.05, 3.63) is 59.7 Å². The molecule has 0 bridgehead atoms. The van der Waals surface area contributed by atoms with Crippen LogP contribution >= 0.6 is 0 Å². The van der Waals surface area contributed by atoms with Gasteiger partial charge < -0.3 is 15.1 Å². The summed E-state index contributed by atoms with van der Waals surface area (Å²) >= 11 is 0. The molecule has 1 N–H and O–H groups in total. The first-order valence-electron chi connectivity index (χ1n) is 8.94. The highest BCUT2D eigenvalue weighted by molar-refractivity contribution is 5.94. The van der Waals surface area contributed by atoms with E-state index in [1.54, 1.807) is 12.1 Å². The van der Waals surface area contributed by atoms with Gasteiger partial charge in [-0.05, 0) is 55.5 Å². The lowest BCUT2D eigenvalue weighted by atomic mass is 10.1. The lowest BCUT2D eigenvalue weighted by molar-refractivity contribution is -0.129. The molecule has 1 heterocycles. The number of amides is 1. The van der Waals surface area contributed by atoms with Gasteiger partial charge in [0.2, 0.25) is 5.91 Å². The Labute approximate surface area is 159 Å². The fourth-order valence-electron chi connectivity index (χ4n) is 3.07. The van der Waals surface area contributed by atoms with Crippen molar-refractivity contribution >= 4 is 23.1 Å². The van der Waals surface area contributed by atoms with Crippen LogP contribution in [0.4, 0.5) is 11.4 Å². The Morgan fingerprint density at radius 2 is 1.63 bits per heavy atom. The minimum atomic E-state index is 0.0257. The van der Waals surface area contributed by atoms with Gasteiger partial charge in [-0.1, -0.05) is 0 Å². The van der Waals surface area contributed by atoms with Crippen LogP contribution in [0, 0.1) is 11.3 Å². The minimum absolute atomic E-state index is 0.0257. The van der Waals surface area contributed by atoms with Crippen molar-refractivity contribution in [2.45, 2.75) is 6.92 Å². The minimum Gasteiger partial charge on any atom is -0.376 e. The summed E-state index contributed by atoms with van der Waals surface area (Å²) in [5.41, 5.74) is 3.20. The molecule has 0 unspecified atom stereocenters. The molecule has 0 spiro atoms. The van der Waals surface area contributed by atoms with Crippen molar-refractivity contribution in [3.8, 4) is 6.07 Å². The zero-order valence-corrected chi connectivity index (χ0v) is 15.3. The Morgan fingerprint density at radius 3 is 2.19 bits per heavy atom. The molecule has 1 aliphatic heterocycles. The van der Waals surface area contributed by atoms with Gasteiger partial charge in [0.05, 0.1) is 18.2 Å². The second kappa shape index (κ2) is 8.37. The third kappa shape index (κ3) is 4.64. The predicted molar refractivity (Wildman–Crippen MR) is 105 cm³/mol. The molecular formula is C21H22N4O2. The third-order valence-corrected chi connectivity index (χ3v) is 4.73. The molecule has 2 aromatic carbocycles. The highest BCUT2D eigenvalue weighted by Crippen LogP contribution is 2.17. The number of hydrogen-bond donors (Lipinski definition) is 1. The van der Waals surface area contributed by atoms with Gasteiger partial charge >= 0.3 is 0 Å². The van der Waals surface area contributed by atoms with E-state index >= 15 is 0 Å². The van der Waals surface area contributed by atoms with Crippen LogP contribution in [-0.2, 0) is 4.79 Å². The van der Waals surface area contributed by atoms with Crippen molar-refractivity contribution in [1.82, 2.24) is 4.90 Å². The lowest BCUT2D eigenvalue weighted by Gasteiger charge is -2.36. The molecule has 6 nitrogen and oxygen atoms in total. The molecule has 6 heteroatoms. The lowest BCUT2D eigenvalue weighted by Crippen LogP contribution is -2.50. The Bertz CT molecular complexity index is 845. The Hall–Kier alpha value is -3.33. The van der Waals surface area contributed by atoms with Gasteiger partial charge in [0.15, 0.2) is 5.78 Å². The van der Waals surface area contributed by atoms with Crippen LogP contribution < -0.4 is 10.2 Å². The number of carbonyl (C=O) groups excluding carboxylic acids is 2. The molecule has 2 aromatic rings. The summed E-state index contributed by atoms with van der Waals surface area (Å²) in [4.78, 5) is 27.8. The number of benzene rings is 2. The van der Waals surface area contributed by atoms with E-state index in [9.17, 15) is 9.59 Å². The first-order valence-corrected chi connectivity index (χ1v) is 8.94. The second-order valence-corrected chi connectivity index (χ2v) is 6.51. The van der Waals surface area contributed by atoms with Crippen molar-refractivity contribution in [2.75, 3.05) is 42.9 Å². The van der Waals surface area contributed by atoms with E-state index in [-0.39, 0.29) is 18.2 Å². The van der Waals surface area contributed by atoms with E-state index in [2.05, 4.69) is 16.3 Å². The zero-order chi connectivity index (χ0) is 19.2. The fourth-order valence-corrected chi connectivity index (χ4v) is 3.07. The van der Waals surface area contributed by atoms with Crippen LogP contribution in [0.5, 0.6) is 0 Å². The number of piperazine rings is 1. The number of rotatable bonds is 5. The average molecular weight is 362 g/mol. The second-order valence-electron chi connectivity index (χ2n) is 6.51. The molecule has 27 heavy (non-hydrogen) atoms. The van der Waals surface area contributed by atoms with Gasteiger partial charge in [-0.25, -0.2) is 0 Å². The van der Waals surface area contributed by atoms with E-state index in [0.717, 1.165) is 24.5 Å². The molecule has 3 rings (SSSR count). The number of nitrogens with one attached hydrogen (secondary N) is 1. The number of carbonyl (C=O) groups is 2. The van der Waals surface area contributed by atoms with Crippen molar-refractivity contribution in [3.63, 3.8) is 0 Å². The fraction of sp³-hybridized carbons (Fsp3) is 0.286. The number of nitrogens with zero attached hydrogens (tertiary/aromatic N) is 3. The summed E-state index contributed by atoms with van der Waals surface area (Å²) < 4.78 is 0. The maximum Gasteiger partial charge on any atom is 0.241 e. The van der Waals surface area contributed by atoms with Gasteiger partial charge in [-0.3, -0.25) is 9.59 Å². The van der Waals surface area contributed by atoms with Crippen LogP contribution in [-0.4, -0.2) is 49.3 Å². The first-order chi connectivity index (χ1) is 13.1. The van der Waals surface area contributed by atoms with Crippen LogP contribution in [0.25, 0.3) is 0 Å². The Balaban J connectivity index is 1.48. The quantitative estimate of drug-likeness (QED) is 0.827. The van der Waals surface area contributed by atoms with E-state index in [0.29, 0.717) is 24.2 Å². The summed E-state index contributed by atoms with van der Waals surface area (Å²) in [5, 5.41) is 12.0. The molecule has 1 saturated heterocycles. The number of hydrogen-bond acceptors (Lipinski definition) is 5. The van der Waals surface area contributed by atoms with E-state index in [1.165, 1.54) is 6.92 Å². The summed E-state index contributed by atoms with van der Waals surface area (Å²) in [6.07, 6.45) is 0. The molecule has 0 aromatic heterocycles. The number of nitriles is 1. The van der Waals surface area contributed by atoms with Gasteiger partial charge in [-0.15, -0.1) is 0 Å². The summed E-state index contributed by atoms with van der Waals surface area (Å²) in [6.45, 7) is 4.64. The largest absolute Gasteiger partial charge is 0.376 e. The van der Waals surface area contributed by atoms with Crippen LogP contribution in [0.2, 0.25) is 0 Å². The molecular weight excluding hydrogens is 340 g/mol. The molecule has 0 saturated carbocycles. The number of ketones is 1. The molecule has 1 amide bonds. The topological polar surface area (TPSA) is 76.4 Å². The monoisotopic (exact) mass is 362 g/mol. The van der Waals surface area contributed by atoms with Crippen LogP contribution in [0.1, 0.15) is 22.8 Å². The van der Waals surface area contributed by atoms with Crippen LogP contribution in [0.3, 0.4) is 0 Å². The maximum atomic E-state index is 12.4. The van der Waals surface area contributed by atoms with Crippen molar-refractivity contribution in [1.29, 1.82) is 5.26 Å². The molecule has 0 radical (unpaired) electrons. The summed E-state index contributed by atoms with van der Waals surface area (Å²) in [6, 6.07) is 16.8. The zero-order valence-electron chi connectivity index (χ0n) is 15.3. The smallest absolute Gasteiger partial charge is 0.241 e. The normalized spacial score (nSPS) is 13.8. The number of Topliss-reactive ketones (excluding diaryl/α,β-unsaturated/α-hetero) is 1. The molecule has 0 atom stereocenters. The molecule has 138 valence electrons. The first kappa shape index (κ1) is 18.5.